The summed E-state index contributed by atoms with van der Waals surface area (Å²) in [5, 5.41) is 0. The van der Waals surface area contributed by atoms with Gasteiger partial charge in [0.15, 0.2) is 11.6 Å². The van der Waals surface area contributed by atoms with Crippen molar-refractivity contribution >= 4 is 12.4 Å². The summed E-state index contributed by atoms with van der Waals surface area (Å²) in [7, 11) is 1.45. The Kier molecular flexibility index (Phi) is 4.26. The number of hydrogen-bond acceptors (Lipinski definition) is 2. The minimum absolute atomic E-state index is 0. The molecule has 0 aliphatic heterocycles. The summed E-state index contributed by atoms with van der Waals surface area (Å²) in [5.41, 5.74) is 1.83. The molecule has 0 amide bonds. The maximum Gasteiger partial charge on any atom is 0.165 e. The van der Waals surface area contributed by atoms with Crippen molar-refractivity contribution < 1.29 is 9.13 Å². The van der Waals surface area contributed by atoms with Gasteiger partial charge in [-0.05, 0) is 23.8 Å². The summed E-state index contributed by atoms with van der Waals surface area (Å²) >= 11 is 0. The highest BCUT2D eigenvalue weighted by molar-refractivity contribution is 5.85. The van der Waals surface area contributed by atoms with Gasteiger partial charge in [0.2, 0.25) is 0 Å². The van der Waals surface area contributed by atoms with E-state index >= 15 is 0 Å². The monoisotopic (exact) mass is 239 g/mol. The Labute approximate surface area is 99.5 Å². The molecule has 0 aliphatic carbocycles. The number of methoxy groups -OCH3 is 1. The Morgan fingerprint density at radius 2 is 2.00 bits per heavy atom. The third kappa shape index (κ3) is 2.49. The highest BCUT2D eigenvalue weighted by Crippen LogP contribution is 2.25. The number of benzene rings is 1. The molecule has 0 saturated heterocycles. The van der Waals surface area contributed by atoms with Gasteiger partial charge in [0.05, 0.1) is 7.11 Å². The molecule has 84 valence electrons. The minimum Gasteiger partial charge on any atom is -0.494 e. The standard InChI is InChI=1S/C12H10FNO.ClH/c1-15-12-7-9(4-5-11(12)13)10-3-2-6-14-8-10;/h2-8H,1H3;1H. The topological polar surface area (TPSA) is 22.1 Å². The summed E-state index contributed by atoms with van der Waals surface area (Å²) < 4.78 is 18.1. The first-order chi connectivity index (χ1) is 7.31. The molecule has 0 saturated carbocycles. The summed E-state index contributed by atoms with van der Waals surface area (Å²) in [4.78, 5) is 4.00. The molecule has 0 atom stereocenters. The number of halogens is 2. The van der Waals surface area contributed by atoms with Crippen LogP contribution < -0.4 is 4.74 Å². The summed E-state index contributed by atoms with van der Waals surface area (Å²) in [6, 6.07) is 8.51. The summed E-state index contributed by atoms with van der Waals surface area (Å²) in [6.45, 7) is 0. The van der Waals surface area contributed by atoms with Crippen LogP contribution in [0.1, 0.15) is 0 Å². The lowest BCUT2D eigenvalue weighted by Gasteiger charge is -2.05. The van der Waals surface area contributed by atoms with Crippen LogP contribution >= 0.6 is 12.4 Å². The van der Waals surface area contributed by atoms with Crippen molar-refractivity contribution in [3.05, 3.63) is 48.5 Å². The van der Waals surface area contributed by atoms with E-state index in [4.69, 9.17) is 4.74 Å². The first-order valence-corrected chi connectivity index (χ1v) is 4.55. The average molecular weight is 240 g/mol. The van der Waals surface area contributed by atoms with Crippen molar-refractivity contribution in [2.75, 3.05) is 7.11 Å². The van der Waals surface area contributed by atoms with E-state index in [1.807, 2.05) is 12.1 Å². The SMILES string of the molecule is COc1cc(-c2cccnc2)ccc1F.Cl. The van der Waals surface area contributed by atoms with Crippen molar-refractivity contribution in [2.45, 2.75) is 0 Å². The second kappa shape index (κ2) is 5.47. The zero-order chi connectivity index (χ0) is 10.7. The average Bonchev–Trinajstić information content (AvgIpc) is 2.31. The van der Waals surface area contributed by atoms with Gasteiger partial charge in [0.25, 0.3) is 0 Å². The van der Waals surface area contributed by atoms with Gasteiger partial charge in [0, 0.05) is 18.0 Å². The first-order valence-electron chi connectivity index (χ1n) is 4.55. The largest absolute Gasteiger partial charge is 0.494 e. The van der Waals surface area contributed by atoms with Crippen molar-refractivity contribution in [1.29, 1.82) is 0 Å². The third-order valence-electron chi connectivity index (χ3n) is 2.15. The van der Waals surface area contributed by atoms with Gasteiger partial charge in [0.1, 0.15) is 0 Å². The lowest BCUT2D eigenvalue weighted by molar-refractivity contribution is 0.387. The predicted molar refractivity (Wildman–Crippen MR) is 63.4 cm³/mol. The van der Waals surface area contributed by atoms with E-state index in [-0.39, 0.29) is 24.0 Å². The number of hydrogen-bond donors (Lipinski definition) is 0. The lowest BCUT2D eigenvalue weighted by atomic mass is 10.1. The molecule has 0 fully saturated rings. The molecule has 4 heteroatoms. The highest BCUT2D eigenvalue weighted by Gasteiger charge is 2.04. The molecule has 1 heterocycles. The molecule has 1 aromatic carbocycles. The van der Waals surface area contributed by atoms with Crippen molar-refractivity contribution in [2.24, 2.45) is 0 Å². The molecule has 2 nitrogen and oxygen atoms in total. The summed E-state index contributed by atoms with van der Waals surface area (Å²) in [5.74, 6) is -0.110. The van der Waals surface area contributed by atoms with Gasteiger partial charge in [-0.25, -0.2) is 4.39 Å². The quantitative estimate of drug-likeness (QED) is 0.802. The molecule has 2 rings (SSSR count). The molecular weight excluding hydrogens is 229 g/mol. The van der Waals surface area contributed by atoms with Crippen molar-refractivity contribution in [3.8, 4) is 16.9 Å². The second-order valence-corrected chi connectivity index (χ2v) is 3.09. The highest BCUT2D eigenvalue weighted by atomic mass is 35.5. The van der Waals surface area contributed by atoms with Crippen LogP contribution in [0.3, 0.4) is 0 Å². The fraction of sp³-hybridized carbons (Fsp3) is 0.0833. The van der Waals surface area contributed by atoms with Crippen LogP contribution in [0.2, 0.25) is 0 Å². The number of ether oxygens (including phenoxy) is 1. The van der Waals surface area contributed by atoms with Crippen LogP contribution in [0, 0.1) is 5.82 Å². The van der Waals surface area contributed by atoms with Crippen LogP contribution in [0.25, 0.3) is 11.1 Å². The maximum atomic E-state index is 13.1. The van der Waals surface area contributed by atoms with Crippen LogP contribution in [0.4, 0.5) is 4.39 Å². The molecule has 0 radical (unpaired) electrons. The molecule has 0 aliphatic rings. The van der Waals surface area contributed by atoms with Crippen molar-refractivity contribution in [3.63, 3.8) is 0 Å². The maximum absolute atomic E-state index is 13.1. The smallest absolute Gasteiger partial charge is 0.165 e. The first kappa shape index (κ1) is 12.5. The Bertz CT molecular complexity index is 462. The van der Waals surface area contributed by atoms with E-state index in [1.54, 1.807) is 24.5 Å². The van der Waals surface area contributed by atoms with Gasteiger partial charge in [-0.15, -0.1) is 12.4 Å². The summed E-state index contributed by atoms with van der Waals surface area (Å²) in [6.07, 6.45) is 3.43. The second-order valence-electron chi connectivity index (χ2n) is 3.09. The fourth-order valence-electron chi connectivity index (χ4n) is 1.37. The number of rotatable bonds is 2. The molecule has 0 bridgehead atoms. The van der Waals surface area contributed by atoms with E-state index in [9.17, 15) is 4.39 Å². The van der Waals surface area contributed by atoms with E-state index in [2.05, 4.69) is 4.98 Å². The van der Waals surface area contributed by atoms with Gasteiger partial charge < -0.3 is 4.74 Å². The fourth-order valence-corrected chi connectivity index (χ4v) is 1.37. The van der Waals surface area contributed by atoms with Gasteiger partial charge >= 0.3 is 0 Å². The van der Waals surface area contributed by atoms with E-state index in [0.717, 1.165) is 11.1 Å². The minimum atomic E-state index is -0.356. The van der Waals surface area contributed by atoms with E-state index < -0.39 is 0 Å². The number of aromatic nitrogens is 1. The predicted octanol–water partition coefficient (Wildman–Crippen LogP) is 3.32. The molecule has 1 aromatic heterocycles. The van der Waals surface area contributed by atoms with Gasteiger partial charge in [-0.1, -0.05) is 12.1 Å². The Morgan fingerprint density at radius 3 is 2.62 bits per heavy atom. The Morgan fingerprint density at radius 1 is 1.19 bits per heavy atom. The van der Waals surface area contributed by atoms with Crippen molar-refractivity contribution in [1.82, 2.24) is 4.98 Å². The Balaban J connectivity index is 0.00000128. The normalized spacial score (nSPS) is 9.38. The molecule has 16 heavy (non-hydrogen) atoms. The van der Waals surface area contributed by atoms with Crippen LogP contribution in [0.15, 0.2) is 42.7 Å². The van der Waals surface area contributed by atoms with Gasteiger partial charge in [-0.3, -0.25) is 4.98 Å². The number of pyridine rings is 1. The molecule has 0 unspecified atom stereocenters. The molecular formula is C12H11ClFNO. The van der Waals surface area contributed by atoms with E-state index in [0.29, 0.717) is 0 Å². The Hall–Kier alpha value is -1.61. The van der Waals surface area contributed by atoms with Crippen LogP contribution in [-0.2, 0) is 0 Å². The molecule has 2 aromatic rings. The third-order valence-corrected chi connectivity index (χ3v) is 2.15. The van der Waals surface area contributed by atoms with E-state index in [1.165, 1.54) is 13.2 Å². The van der Waals surface area contributed by atoms with Crippen LogP contribution in [-0.4, -0.2) is 12.1 Å². The lowest BCUT2D eigenvalue weighted by Crippen LogP contribution is -1.88. The molecule has 0 N–H and O–H groups in total. The zero-order valence-electron chi connectivity index (χ0n) is 8.68. The molecule has 0 spiro atoms. The zero-order valence-corrected chi connectivity index (χ0v) is 9.50. The van der Waals surface area contributed by atoms with Gasteiger partial charge in [-0.2, -0.15) is 0 Å². The number of nitrogens with zero attached hydrogens (tertiary/aromatic N) is 1. The van der Waals surface area contributed by atoms with Crippen LogP contribution in [0.5, 0.6) is 5.75 Å².